The number of hydrogen-bond acceptors (Lipinski definition) is 6. The number of rotatable bonds is 3. The maximum Gasteiger partial charge on any atom is 0.243 e. The van der Waals surface area contributed by atoms with Crippen molar-refractivity contribution in [1.82, 2.24) is 19.0 Å². The number of nitrogens with zero attached hydrogens (tertiary/aromatic N) is 4. The molecule has 1 aromatic heterocycles. The van der Waals surface area contributed by atoms with E-state index in [4.69, 9.17) is 9.47 Å². The number of benzene rings is 1. The molecule has 1 unspecified atom stereocenters. The summed E-state index contributed by atoms with van der Waals surface area (Å²) in [5, 5.41) is 4.39. The molecule has 0 bridgehead atoms. The Balaban J connectivity index is 1.71. The monoisotopic (exact) mass is 406 g/mol. The summed E-state index contributed by atoms with van der Waals surface area (Å²) in [5.41, 5.74) is 1.37. The number of sulfonamides is 1. The van der Waals surface area contributed by atoms with Crippen LogP contribution in [0.15, 0.2) is 29.3 Å². The summed E-state index contributed by atoms with van der Waals surface area (Å²) in [4.78, 5) is 14.3. The van der Waals surface area contributed by atoms with Crippen LogP contribution in [0.3, 0.4) is 0 Å². The first-order valence-corrected chi connectivity index (χ1v) is 10.3. The molecule has 28 heavy (non-hydrogen) atoms. The maximum absolute atomic E-state index is 13.3. The van der Waals surface area contributed by atoms with Gasteiger partial charge >= 0.3 is 0 Å². The van der Waals surface area contributed by atoms with Crippen LogP contribution in [0.5, 0.6) is 11.5 Å². The quantitative estimate of drug-likeness (QED) is 0.740. The van der Waals surface area contributed by atoms with E-state index in [-0.39, 0.29) is 23.9 Å². The van der Waals surface area contributed by atoms with Gasteiger partial charge in [-0.05, 0) is 12.1 Å². The van der Waals surface area contributed by atoms with Gasteiger partial charge in [-0.1, -0.05) is 0 Å². The second-order valence-electron chi connectivity index (χ2n) is 7.10. The van der Waals surface area contributed by atoms with Gasteiger partial charge in [0.15, 0.2) is 11.5 Å². The van der Waals surface area contributed by atoms with Gasteiger partial charge in [-0.3, -0.25) is 9.48 Å². The van der Waals surface area contributed by atoms with Crippen molar-refractivity contribution < 1.29 is 22.7 Å². The van der Waals surface area contributed by atoms with Crippen LogP contribution in [-0.2, 0) is 28.4 Å². The summed E-state index contributed by atoms with van der Waals surface area (Å²) in [6.45, 7) is 1.01. The highest BCUT2D eigenvalue weighted by Gasteiger charge is 2.39. The molecule has 0 saturated carbocycles. The van der Waals surface area contributed by atoms with E-state index in [9.17, 15) is 13.2 Å². The lowest BCUT2D eigenvalue weighted by Gasteiger charge is -2.32. The molecule has 150 valence electrons. The molecule has 10 heteroatoms. The van der Waals surface area contributed by atoms with Gasteiger partial charge in [-0.15, -0.1) is 0 Å². The van der Waals surface area contributed by atoms with Crippen LogP contribution < -0.4 is 9.47 Å². The molecule has 2 aliphatic rings. The number of carbonyl (C=O) groups is 1. The van der Waals surface area contributed by atoms with Gasteiger partial charge in [0.2, 0.25) is 15.9 Å². The average molecular weight is 406 g/mol. The summed E-state index contributed by atoms with van der Waals surface area (Å²) in [7, 11) is 1.23. The Bertz CT molecular complexity index is 1030. The lowest BCUT2D eigenvalue weighted by Crippen LogP contribution is -2.43. The number of fused-ring (bicyclic) bond motifs is 2. The lowest BCUT2D eigenvalue weighted by atomic mass is 9.97. The minimum atomic E-state index is -3.83. The zero-order chi connectivity index (χ0) is 20.1. The molecule has 0 fully saturated rings. The Morgan fingerprint density at radius 3 is 2.64 bits per heavy atom. The number of ether oxygens (including phenoxy) is 2. The van der Waals surface area contributed by atoms with Crippen molar-refractivity contribution >= 4 is 15.9 Å². The maximum atomic E-state index is 13.3. The van der Waals surface area contributed by atoms with Crippen molar-refractivity contribution in [2.45, 2.75) is 17.4 Å². The Morgan fingerprint density at radius 1 is 1.21 bits per heavy atom. The summed E-state index contributed by atoms with van der Waals surface area (Å²) >= 11 is 0. The number of likely N-dealkylation sites (N-methyl/N-ethyl adjacent to an activating group) is 1. The molecule has 1 atom stereocenters. The molecule has 0 N–H and O–H groups in total. The van der Waals surface area contributed by atoms with E-state index in [0.29, 0.717) is 30.4 Å². The largest absolute Gasteiger partial charge is 0.486 e. The fourth-order valence-electron chi connectivity index (χ4n) is 3.54. The van der Waals surface area contributed by atoms with Crippen LogP contribution in [0.4, 0.5) is 0 Å². The van der Waals surface area contributed by atoms with E-state index in [0.717, 1.165) is 5.56 Å². The standard InChI is InChI=1S/C18H22N4O5S/c1-20(2)18(23)14-11-22(10-12-9-21(3)19-17(12)14)28(24,25)13-4-5-15-16(8-13)27-7-6-26-15/h4-5,8-9,14H,6-7,10-11H2,1-3H3. The average Bonchev–Trinajstić information content (AvgIpc) is 3.06. The van der Waals surface area contributed by atoms with Crippen LogP contribution in [0, 0.1) is 0 Å². The van der Waals surface area contributed by atoms with Crippen molar-refractivity contribution in [1.29, 1.82) is 0 Å². The first-order valence-electron chi connectivity index (χ1n) is 8.91. The van der Waals surface area contributed by atoms with Crippen LogP contribution in [0.1, 0.15) is 17.2 Å². The van der Waals surface area contributed by atoms with E-state index in [1.54, 1.807) is 38.1 Å². The summed E-state index contributed by atoms with van der Waals surface area (Å²) in [6, 6.07) is 4.58. The molecule has 2 aromatic rings. The van der Waals surface area contributed by atoms with E-state index in [1.807, 2.05) is 0 Å². The van der Waals surface area contributed by atoms with E-state index in [2.05, 4.69) is 5.10 Å². The minimum absolute atomic E-state index is 0.0395. The molecule has 1 amide bonds. The third-order valence-electron chi connectivity index (χ3n) is 4.89. The third-order valence-corrected chi connectivity index (χ3v) is 6.70. The van der Waals surface area contributed by atoms with Crippen molar-refractivity contribution in [2.75, 3.05) is 33.9 Å². The smallest absolute Gasteiger partial charge is 0.243 e. The molecular formula is C18H22N4O5S. The molecule has 0 spiro atoms. The third kappa shape index (κ3) is 3.12. The van der Waals surface area contributed by atoms with Crippen molar-refractivity contribution in [3.05, 3.63) is 35.7 Å². The van der Waals surface area contributed by atoms with Gasteiger partial charge < -0.3 is 14.4 Å². The first-order chi connectivity index (χ1) is 13.3. The van der Waals surface area contributed by atoms with Gasteiger partial charge in [-0.2, -0.15) is 9.40 Å². The molecular weight excluding hydrogens is 384 g/mol. The molecule has 1 aromatic carbocycles. The van der Waals surface area contributed by atoms with Crippen molar-refractivity contribution in [2.24, 2.45) is 7.05 Å². The molecule has 3 heterocycles. The zero-order valence-corrected chi connectivity index (χ0v) is 16.8. The second kappa shape index (κ2) is 6.78. The molecule has 0 radical (unpaired) electrons. The van der Waals surface area contributed by atoms with E-state index < -0.39 is 15.9 Å². The molecule has 0 saturated heterocycles. The fourth-order valence-corrected chi connectivity index (χ4v) is 4.99. The van der Waals surface area contributed by atoms with Crippen LogP contribution in [-0.4, -0.2) is 67.2 Å². The highest BCUT2D eigenvalue weighted by atomic mass is 32.2. The lowest BCUT2D eigenvalue weighted by molar-refractivity contribution is -0.130. The highest BCUT2D eigenvalue weighted by molar-refractivity contribution is 7.89. The van der Waals surface area contributed by atoms with E-state index >= 15 is 0 Å². The summed E-state index contributed by atoms with van der Waals surface area (Å²) < 4.78 is 40.5. The predicted molar refractivity (Wildman–Crippen MR) is 99.7 cm³/mol. The normalized spacial score (nSPS) is 19.2. The zero-order valence-electron chi connectivity index (χ0n) is 16.0. The topological polar surface area (TPSA) is 94.0 Å². The van der Waals surface area contributed by atoms with Gasteiger partial charge in [0.05, 0.1) is 16.5 Å². The Hall–Kier alpha value is -2.59. The fraction of sp³-hybridized carbons (Fsp3) is 0.444. The number of carbonyl (C=O) groups excluding carboxylic acids is 1. The van der Waals surface area contributed by atoms with Crippen LogP contribution >= 0.6 is 0 Å². The number of amides is 1. The molecule has 0 aliphatic carbocycles. The van der Waals surface area contributed by atoms with Crippen molar-refractivity contribution in [3.63, 3.8) is 0 Å². The van der Waals surface area contributed by atoms with Crippen molar-refractivity contribution in [3.8, 4) is 11.5 Å². The SMILES string of the molecule is CN(C)C(=O)C1CN(S(=O)(=O)c2ccc3c(c2)OCCO3)Cc2cn(C)nc21. The molecule has 2 aliphatic heterocycles. The van der Waals surface area contributed by atoms with Gasteiger partial charge in [0, 0.05) is 52.1 Å². The number of aryl methyl sites for hydroxylation is 1. The summed E-state index contributed by atoms with van der Waals surface area (Å²) in [5.74, 6) is 0.111. The van der Waals surface area contributed by atoms with Crippen LogP contribution in [0.2, 0.25) is 0 Å². The van der Waals surface area contributed by atoms with Gasteiger partial charge in [0.25, 0.3) is 0 Å². The summed E-state index contributed by atoms with van der Waals surface area (Å²) in [6.07, 6.45) is 1.76. The number of hydrogen-bond donors (Lipinski definition) is 0. The molecule has 4 rings (SSSR count). The van der Waals surface area contributed by atoms with Gasteiger partial charge in [-0.25, -0.2) is 8.42 Å². The highest BCUT2D eigenvalue weighted by Crippen LogP contribution is 2.36. The predicted octanol–water partition coefficient (Wildman–Crippen LogP) is 0.568. The van der Waals surface area contributed by atoms with Crippen LogP contribution in [0.25, 0.3) is 0 Å². The Labute approximate surface area is 163 Å². The second-order valence-corrected chi connectivity index (χ2v) is 9.04. The van der Waals surface area contributed by atoms with Gasteiger partial charge in [0.1, 0.15) is 13.2 Å². The number of aromatic nitrogens is 2. The molecule has 9 nitrogen and oxygen atoms in total. The Morgan fingerprint density at radius 2 is 1.93 bits per heavy atom. The minimum Gasteiger partial charge on any atom is -0.486 e. The van der Waals surface area contributed by atoms with E-state index in [1.165, 1.54) is 21.3 Å². The Kier molecular flexibility index (Phi) is 4.54. The first kappa shape index (κ1) is 18.8.